The van der Waals surface area contributed by atoms with Crippen LogP contribution >= 0.6 is 0 Å². The number of nitrogens with zero attached hydrogens (tertiary/aromatic N) is 1. The van der Waals surface area contributed by atoms with E-state index in [1.807, 2.05) is 26.0 Å². The summed E-state index contributed by atoms with van der Waals surface area (Å²) in [5.41, 5.74) is 2.78. The summed E-state index contributed by atoms with van der Waals surface area (Å²) < 4.78 is 5.51. The molecule has 0 fully saturated rings. The van der Waals surface area contributed by atoms with Gasteiger partial charge in [-0.25, -0.2) is 4.98 Å². The van der Waals surface area contributed by atoms with Gasteiger partial charge in [0.05, 0.1) is 12.1 Å². The number of hydrogen-bond acceptors (Lipinski definition) is 3. The minimum Gasteiger partial charge on any atom is -0.492 e. The van der Waals surface area contributed by atoms with Crippen molar-refractivity contribution in [2.75, 3.05) is 6.61 Å². The lowest BCUT2D eigenvalue weighted by atomic mass is 10.2. The average Bonchev–Trinajstić information content (AvgIpc) is 2.21. The van der Waals surface area contributed by atoms with Crippen LogP contribution < -0.4 is 10.3 Å². The fraction of sp³-hybridized carbons (Fsp3) is 0.333. The first-order valence-electron chi connectivity index (χ1n) is 5.26. The molecule has 0 aliphatic rings. The van der Waals surface area contributed by atoms with Gasteiger partial charge in [0.1, 0.15) is 17.0 Å². The molecular formula is C12H14N2O2. The molecule has 0 aliphatic carbocycles. The van der Waals surface area contributed by atoms with Crippen LogP contribution in [-0.2, 0) is 0 Å². The number of rotatable bonds is 2. The minimum atomic E-state index is -0.152. The molecule has 2 aromatic rings. The van der Waals surface area contributed by atoms with Gasteiger partial charge in [0.15, 0.2) is 0 Å². The lowest BCUT2D eigenvalue weighted by molar-refractivity contribution is 0.343. The van der Waals surface area contributed by atoms with Crippen LogP contribution in [0.3, 0.4) is 0 Å². The Morgan fingerprint density at radius 3 is 2.81 bits per heavy atom. The lowest BCUT2D eigenvalue weighted by Crippen LogP contribution is -2.12. The summed E-state index contributed by atoms with van der Waals surface area (Å²) in [4.78, 5) is 18.5. The van der Waals surface area contributed by atoms with E-state index in [4.69, 9.17) is 4.74 Å². The van der Waals surface area contributed by atoms with E-state index in [2.05, 4.69) is 9.97 Å². The van der Waals surface area contributed by atoms with Crippen LogP contribution in [0.4, 0.5) is 0 Å². The van der Waals surface area contributed by atoms with Crippen LogP contribution in [0, 0.1) is 13.8 Å². The Hall–Kier alpha value is -1.84. The van der Waals surface area contributed by atoms with Crippen LogP contribution in [0.1, 0.15) is 18.2 Å². The van der Waals surface area contributed by atoms with Gasteiger partial charge < -0.3 is 9.72 Å². The summed E-state index contributed by atoms with van der Waals surface area (Å²) in [7, 11) is 0. The summed E-state index contributed by atoms with van der Waals surface area (Å²) >= 11 is 0. The van der Waals surface area contributed by atoms with Crippen molar-refractivity contribution in [3.05, 3.63) is 33.7 Å². The maximum atomic E-state index is 11.5. The standard InChI is InChI=1S/C12H14N2O2/c1-4-16-10-6-7(2)5-9-11(10)13-8(3)12(15)14-9/h5-6H,4H2,1-3H3,(H,14,15). The summed E-state index contributed by atoms with van der Waals surface area (Å²) in [6.07, 6.45) is 0. The summed E-state index contributed by atoms with van der Waals surface area (Å²) in [5.74, 6) is 0.719. The number of ether oxygens (including phenoxy) is 1. The molecule has 0 amide bonds. The molecule has 84 valence electrons. The normalized spacial score (nSPS) is 10.7. The Morgan fingerprint density at radius 2 is 2.12 bits per heavy atom. The maximum Gasteiger partial charge on any atom is 0.269 e. The summed E-state index contributed by atoms with van der Waals surface area (Å²) in [5, 5.41) is 0. The predicted octanol–water partition coefficient (Wildman–Crippen LogP) is 1.94. The van der Waals surface area contributed by atoms with Gasteiger partial charge in [-0.05, 0) is 38.5 Å². The monoisotopic (exact) mass is 218 g/mol. The van der Waals surface area contributed by atoms with Gasteiger partial charge >= 0.3 is 0 Å². The molecule has 1 heterocycles. The molecule has 4 nitrogen and oxygen atoms in total. The van der Waals surface area contributed by atoms with Crippen molar-refractivity contribution in [1.82, 2.24) is 9.97 Å². The topological polar surface area (TPSA) is 55.0 Å². The second-order valence-electron chi connectivity index (χ2n) is 3.74. The Labute approximate surface area is 93.3 Å². The number of benzene rings is 1. The Balaban J connectivity index is 2.79. The molecule has 1 aromatic carbocycles. The van der Waals surface area contributed by atoms with E-state index in [0.29, 0.717) is 17.8 Å². The van der Waals surface area contributed by atoms with Gasteiger partial charge in [-0.15, -0.1) is 0 Å². The highest BCUT2D eigenvalue weighted by molar-refractivity contribution is 5.81. The SMILES string of the molecule is CCOc1cc(C)cc2[nH]c(=O)c(C)nc12. The Morgan fingerprint density at radius 1 is 1.38 bits per heavy atom. The van der Waals surface area contributed by atoms with E-state index in [-0.39, 0.29) is 5.56 Å². The molecule has 0 atom stereocenters. The molecule has 0 saturated carbocycles. The number of aromatic nitrogens is 2. The van der Waals surface area contributed by atoms with E-state index < -0.39 is 0 Å². The Bertz CT molecular complexity index is 587. The van der Waals surface area contributed by atoms with Crippen molar-refractivity contribution >= 4 is 11.0 Å². The third-order valence-corrected chi connectivity index (χ3v) is 2.38. The van der Waals surface area contributed by atoms with Crippen LogP contribution in [-0.4, -0.2) is 16.6 Å². The van der Waals surface area contributed by atoms with Gasteiger partial charge in [-0.2, -0.15) is 0 Å². The predicted molar refractivity (Wildman–Crippen MR) is 63.0 cm³/mol. The van der Waals surface area contributed by atoms with E-state index >= 15 is 0 Å². The van der Waals surface area contributed by atoms with Gasteiger partial charge in [0, 0.05) is 0 Å². The molecule has 0 aliphatic heterocycles. The van der Waals surface area contributed by atoms with Gasteiger partial charge in [0.25, 0.3) is 5.56 Å². The van der Waals surface area contributed by atoms with Crippen molar-refractivity contribution in [2.24, 2.45) is 0 Å². The number of nitrogens with one attached hydrogen (secondary N) is 1. The van der Waals surface area contributed by atoms with E-state index in [0.717, 1.165) is 16.8 Å². The number of hydrogen-bond donors (Lipinski definition) is 1. The zero-order valence-corrected chi connectivity index (χ0v) is 9.63. The van der Waals surface area contributed by atoms with E-state index in [1.54, 1.807) is 6.92 Å². The third-order valence-electron chi connectivity index (χ3n) is 2.38. The molecule has 1 aromatic heterocycles. The minimum absolute atomic E-state index is 0.152. The molecule has 0 bridgehead atoms. The number of H-pyrrole nitrogens is 1. The third kappa shape index (κ3) is 1.78. The number of fused-ring (bicyclic) bond motifs is 1. The zero-order valence-electron chi connectivity index (χ0n) is 9.63. The highest BCUT2D eigenvalue weighted by atomic mass is 16.5. The van der Waals surface area contributed by atoms with E-state index in [1.165, 1.54) is 0 Å². The van der Waals surface area contributed by atoms with Crippen molar-refractivity contribution < 1.29 is 4.74 Å². The Kier molecular flexibility index (Phi) is 2.64. The number of aryl methyl sites for hydroxylation is 2. The number of aromatic amines is 1. The average molecular weight is 218 g/mol. The fourth-order valence-corrected chi connectivity index (χ4v) is 1.65. The van der Waals surface area contributed by atoms with E-state index in [9.17, 15) is 4.79 Å². The molecule has 0 spiro atoms. The van der Waals surface area contributed by atoms with Crippen molar-refractivity contribution in [1.29, 1.82) is 0 Å². The highest BCUT2D eigenvalue weighted by Gasteiger charge is 2.07. The molecule has 4 heteroatoms. The van der Waals surface area contributed by atoms with Crippen molar-refractivity contribution in [2.45, 2.75) is 20.8 Å². The molecule has 16 heavy (non-hydrogen) atoms. The summed E-state index contributed by atoms with van der Waals surface area (Å²) in [6.45, 7) is 6.15. The zero-order chi connectivity index (χ0) is 11.7. The first-order valence-corrected chi connectivity index (χ1v) is 5.26. The molecule has 2 rings (SSSR count). The summed E-state index contributed by atoms with van der Waals surface area (Å²) in [6, 6.07) is 3.82. The maximum absolute atomic E-state index is 11.5. The molecule has 0 radical (unpaired) electrons. The fourth-order valence-electron chi connectivity index (χ4n) is 1.65. The first-order chi connectivity index (χ1) is 7.61. The molecular weight excluding hydrogens is 204 g/mol. The van der Waals surface area contributed by atoms with Gasteiger partial charge in [-0.3, -0.25) is 4.79 Å². The second-order valence-corrected chi connectivity index (χ2v) is 3.74. The van der Waals surface area contributed by atoms with Crippen LogP contribution in [0.15, 0.2) is 16.9 Å². The van der Waals surface area contributed by atoms with Gasteiger partial charge in [-0.1, -0.05) is 0 Å². The second kappa shape index (κ2) is 3.96. The van der Waals surface area contributed by atoms with Gasteiger partial charge in [0.2, 0.25) is 0 Å². The molecule has 0 unspecified atom stereocenters. The lowest BCUT2D eigenvalue weighted by Gasteiger charge is -2.08. The smallest absolute Gasteiger partial charge is 0.269 e. The largest absolute Gasteiger partial charge is 0.492 e. The van der Waals surface area contributed by atoms with Crippen LogP contribution in [0.5, 0.6) is 5.75 Å². The first kappa shape index (κ1) is 10.7. The quantitative estimate of drug-likeness (QED) is 0.838. The van der Waals surface area contributed by atoms with Crippen molar-refractivity contribution in [3.8, 4) is 5.75 Å². The van der Waals surface area contributed by atoms with Crippen LogP contribution in [0.25, 0.3) is 11.0 Å². The van der Waals surface area contributed by atoms with Crippen LogP contribution in [0.2, 0.25) is 0 Å². The molecule has 0 saturated heterocycles. The van der Waals surface area contributed by atoms with Crippen molar-refractivity contribution in [3.63, 3.8) is 0 Å². The molecule has 1 N–H and O–H groups in total. The highest BCUT2D eigenvalue weighted by Crippen LogP contribution is 2.23.